The van der Waals surface area contributed by atoms with Crippen molar-refractivity contribution in [2.75, 3.05) is 13.7 Å². The van der Waals surface area contributed by atoms with E-state index in [-0.39, 0.29) is 0 Å². The summed E-state index contributed by atoms with van der Waals surface area (Å²) in [6.45, 7) is 1.24. The van der Waals surface area contributed by atoms with Gasteiger partial charge in [-0.15, -0.1) is 0 Å². The molecule has 0 fully saturated rings. The van der Waals surface area contributed by atoms with Gasteiger partial charge in [0.1, 0.15) is 12.4 Å². The minimum atomic E-state index is -2.48. The van der Waals surface area contributed by atoms with Gasteiger partial charge in [0.15, 0.2) is 0 Å². The Morgan fingerprint density at radius 2 is 2.35 bits per heavy atom. The second-order valence-corrected chi connectivity index (χ2v) is 3.19. The Morgan fingerprint density at radius 1 is 1.59 bits per heavy atom. The highest BCUT2D eigenvalue weighted by atomic mass is 19.3. The minimum Gasteiger partial charge on any atom is -0.488 e. The molecule has 0 aliphatic rings. The topological polar surface area (TPSA) is 34.5 Å². The van der Waals surface area contributed by atoms with Crippen molar-refractivity contribution in [1.82, 2.24) is 4.98 Å². The molecule has 0 N–H and O–H groups in total. The van der Waals surface area contributed by atoms with E-state index >= 15 is 0 Å². The highest BCUT2D eigenvalue weighted by molar-refractivity contribution is 6.07. The molecule has 1 aromatic rings. The Morgan fingerprint density at radius 3 is 2.94 bits per heavy atom. The van der Waals surface area contributed by atoms with E-state index in [1.807, 2.05) is 13.0 Å². The van der Waals surface area contributed by atoms with Crippen molar-refractivity contribution < 1.29 is 13.5 Å². The van der Waals surface area contributed by atoms with Gasteiger partial charge in [0.2, 0.25) is 0 Å². The third kappa shape index (κ3) is 4.30. The van der Waals surface area contributed by atoms with Crippen LogP contribution in [0.15, 0.2) is 35.5 Å². The number of pyridine rings is 1. The fourth-order valence-corrected chi connectivity index (χ4v) is 1.23. The Hall–Kier alpha value is -1.78. The van der Waals surface area contributed by atoms with Gasteiger partial charge < -0.3 is 4.74 Å². The van der Waals surface area contributed by atoms with Crippen LogP contribution in [0.5, 0.6) is 5.75 Å². The van der Waals surface area contributed by atoms with E-state index in [9.17, 15) is 8.78 Å². The maximum Gasteiger partial charge on any atom is 0.272 e. The normalized spacial score (nSPS) is 12.4. The number of halogens is 2. The monoisotopic (exact) mass is 240 g/mol. The van der Waals surface area contributed by atoms with Crippen molar-refractivity contribution in [3.63, 3.8) is 0 Å². The van der Waals surface area contributed by atoms with Crippen molar-refractivity contribution in [2.24, 2.45) is 4.99 Å². The van der Waals surface area contributed by atoms with Crippen molar-refractivity contribution in [3.8, 4) is 5.75 Å². The number of allylic oxidation sites excluding steroid dienone is 2. The van der Waals surface area contributed by atoms with Crippen LogP contribution in [0.4, 0.5) is 8.78 Å². The predicted molar refractivity (Wildman–Crippen MR) is 63.0 cm³/mol. The zero-order valence-electron chi connectivity index (χ0n) is 9.73. The molecule has 92 valence electrons. The summed E-state index contributed by atoms with van der Waals surface area (Å²) in [5.41, 5.74) is 1.27. The zero-order chi connectivity index (χ0) is 12.7. The first-order valence-electron chi connectivity index (χ1n) is 5.14. The third-order valence-corrected chi connectivity index (χ3v) is 1.94. The molecule has 0 saturated heterocycles. The first kappa shape index (κ1) is 13.3. The van der Waals surface area contributed by atoms with Crippen molar-refractivity contribution in [1.29, 1.82) is 0 Å². The molecule has 17 heavy (non-hydrogen) atoms. The molecule has 0 radical (unpaired) electrons. The summed E-state index contributed by atoms with van der Waals surface area (Å²) in [5, 5.41) is 0. The van der Waals surface area contributed by atoms with Crippen LogP contribution in [-0.2, 0) is 0 Å². The predicted octanol–water partition coefficient (Wildman–Crippen LogP) is 2.72. The van der Waals surface area contributed by atoms with Gasteiger partial charge in [-0.05, 0) is 19.1 Å². The fraction of sp³-hybridized carbons (Fsp3) is 0.333. The standard InChI is InChI=1S/C12H14F2N2O/c1-3-4-10(15-2)11-7-9(5-6-16-11)17-8-12(13)14/h3-7,12H,8H2,1-2H3. The number of alkyl halides is 2. The van der Waals surface area contributed by atoms with Gasteiger partial charge in [0, 0.05) is 19.3 Å². The van der Waals surface area contributed by atoms with Gasteiger partial charge in [-0.3, -0.25) is 9.98 Å². The molecule has 0 unspecified atom stereocenters. The van der Waals surface area contributed by atoms with Crippen LogP contribution in [-0.4, -0.2) is 30.8 Å². The van der Waals surface area contributed by atoms with Crippen LogP contribution in [0.2, 0.25) is 0 Å². The lowest BCUT2D eigenvalue weighted by Crippen LogP contribution is -2.08. The average Bonchev–Trinajstić information content (AvgIpc) is 2.34. The highest BCUT2D eigenvalue weighted by Crippen LogP contribution is 2.13. The molecular weight excluding hydrogens is 226 g/mol. The fourth-order valence-electron chi connectivity index (χ4n) is 1.23. The summed E-state index contributed by atoms with van der Waals surface area (Å²) >= 11 is 0. The number of hydrogen-bond donors (Lipinski definition) is 0. The van der Waals surface area contributed by atoms with E-state index < -0.39 is 13.0 Å². The van der Waals surface area contributed by atoms with Gasteiger partial charge >= 0.3 is 0 Å². The second kappa shape index (κ2) is 6.73. The van der Waals surface area contributed by atoms with E-state index in [1.165, 1.54) is 12.3 Å². The molecule has 0 aromatic carbocycles. The average molecular weight is 240 g/mol. The van der Waals surface area contributed by atoms with Gasteiger partial charge in [-0.2, -0.15) is 0 Å². The Balaban J connectivity index is 2.85. The number of nitrogens with zero attached hydrogens (tertiary/aromatic N) is 2. The maximum absolute atomic E-state index is 12.0. The molecule has 1 aromatic heterocycles. The van der Waals surface area contributed by atoms with Crippen LogP contribution < -0.4 is 4.74 Å². The number of aliphatic imine (C=N–C) groups is 1. The molecule has 5 heteroatoms. The van der Waals surface area contributed by atoms with Crippen LogP contribution in [0.25, 0.3) is 0 Å². The molecule has 0 aliphatic heterocycles. The van der Waals surface area contributed by atoms with Crippen LogP contribution in [0, 0.1) is 0 Å². The second-order valence-electron chi connectivity index (χ2n) is 3.19. The molecule has 1 heterocycles. The van der Waals surface area contributed by atoms with E-state index in [4.69, 9.17) is 4.74 Å². The molecule has 1 rings (SSSR count). The summed E-state index contributed by atoms with van der Waals surface area (Å²) in [5.74, 6) is 0.362. The van der Waals surface area contributed by atoms with Crippen molar-refractivity contribution >= 4 is 5.71 Å². The largest absolute Gasteiger partial charge is 0.488 e. The summed E-state index contributed by atoms with van der Waals surface area (Å²) < 4.78 is 28.9. The Bertz CT molecular complexity index is 417. The van der Waals surface area contributed by atoms with E-state index in [0.29, 0.717) is 17.2 Å². The Kier molecular flexibility index (Phi) is 5.26. The number of ether oxygens (including phenoxy) is 1. The maximum atomic E-state index is 12.0. The molecule has 0 saturated carbocycles. The van der Waals surface area contributed by atoms with Crippen molar-refractivity contribution in [3.05, 3.63) is 36.2 Å². The molecule has 0 amide bonds. The molecule has 0 bridgehead atoms. The summed E-state index contributed by atoms with van der Waals surface area (Å²) in [6, 6.07) is 3.12. The van der Waals surface area contributed by atoms with E-state index in [0.717, 1.165) is 0 Å². The SMILES string of the molecule is CC=CC(=NC)c1cc(OCC(F)F)ccn1. The van der Waals surface area contributed by atoms with Gasteiger partial charge in [-0.25, -0.2) is 8.78 Å². The van der Waals surface area contributed by atoms with Crippen molar-refractivity contribution in [2.45, 2.75) is 13.3 Å². The lowest BCUT2D eigenvalue weighted by molar-refractivity contribution is 0.0818. The van der Waals surface area contributed by atoms with E-state index in [2.05, 4.69) is 9.98 Å². The highest BCUT2D eigenvalue weighted by Gasteiger charge is 2.06. The molecule has 0 atom stereocenters. The van der Waals surface area contributed by atoms with Crippen LogP contribution in [0.1, 0.15) is 12.6 Å². The van der Waals surface area contributed by atoms with E-state index in [1.54, 1.807) is 19.2 Å². The van der Waals surface area contributed by atoms with Crippen LogP contribution >= 0.6 is 0 Å². The third-order valence-electron chi connectivity index (χ3n) is 1.94. The number of aromatic nitrogens is 1. The quantitative estimate of drug-likeness (QED) is 0.742. The van der Waals surface area contributed by atoms with Crippen LogP contribution in [0.3, 0.4) is 0 Å². The summed E-state index contributed by atoms with van der Waals surface area (Å²) in [4.78, 5) is 8.15. The van der Waals surface area contributed by atoms with Gasteiger partial charge in [0.25, 0.3) is 6.43 Å². The first-order valence-corrected chi connectivity index (χ1v) is 5.14. The summed E-state index contributed by atoms with van der Waals surface area (Å²) in [7, 11) is 1.64. The lowest BCUT2D eigenvalue weighted by Gasteiger charge is -2.06. The summed E-state index contributed by atoms with van der Waals surface area (Å²) in [6.07, 6.45) is 2.64. The number of rotatable bonds is 5. The molecule has 0 spiro atoms. The Labute approximate surface area is 98.9 Å². The smallest absolute Gasteiger partial charge is 0.272 e. The lowest BCUT2D eigenvalue weighted by atomic mass is 10.2. The first-order chi connectivity index (χ1) is 8.17. The van der Waals surface area contributed by atoms with Gasteiger partial charge in [0.05, 0.1) is 11.4 Å². The number of hydrogen-bond acceptors (Lipinski definition) is 3. The molecule has 3 nitrogen and oxygen atoms in total. The van der Waals surface area contributed by atoms with Gasteiger partial charge in [-0.1, -0.05) is 6.08 Å². The minimum absolute atomic E-state index is 0.362. The molecular formula is C12H14F2N2O. The zero-order valence-corrected chi connectivity index (χ0v) is 9.73. The molecule has 0 aliphatic carbocycles.